The van der Waals surface area contributed by atoms with Crippen LogP contribution in [0.5, 0.6) is 5.75 Å². The largest absolute Gasteiger partial charge is 0.496 e. The zero-order valence-corrected chi connectivity index (χ0v) is 12.3. The summed E-state index contributed by atoms with van der Waals surface area (Å²) in [7, 11) is 3.54. The average Bonchev–Trinajstić information content (AvgIpc) is 2.45. The van der Waals surface area contributed by atoms with E-state index in [4.69, 9.17) is 4.74 Å². The SMILES string of the molecule is CNC(c1ccc(C)c(OC)c1)c1cc(F)ccc1C. The van der Waals surface area contributed by atoms with E-state index in [0.717, 1.165) is 28.0 Å². The smallest absolute Gasteiger partial charge is 0.123 e. The molecule has 0 bridgehead atoms. The highest BCUT2D eigenvalue weighted by atomic mass is 19.1. The number of nitrogens with one attached hydrogen (secondary N) is 1. The van der Waals surface area contributed by atoms with Crippen LogP contribution in [0.4, 0.5) is 4.39 Å². The maximum absolute atomic E-state index is 13.5. The van der Waals surface area contributed by atoms with Gasteiger partial charge in [0.05, 0.1) is 13.2 Å². The van der Waals surface area contributed by atoms with Crippen LogP contribution in [0.3, 0.4) is 0 Å². The van der Waals surface area contributed by atoms with E-state index in [0.29, 0.717) is 0 Å². The lowest BCUT2D eigenvalue weighted by atomic mass is 9.94. The van der Waals surface area contributed by atoms with Gasteiger partial charge < -0.3 is 10.1 Å². The first-order valence-corrected chi connectivity index (χ1v) is 6.64. The molecule has 0 spiro atoms. The van der Waals surface area contributed by atoms with Crippen molar-refractivity contribution in [2.45, 2.75) is 19.9 Å². The van der Waals surface area contributed by atoms with Gasteiger partial charge in [-0.2, -0.15) is 0 Å². The molecule has 0 aliphatic rings. The Kier molecular flexibility index (Phi) is 4.40. The minimum absolute atomic E-state index is 0.0554. The van der Waals surface area contributed by atoms with Crippen LogP contribution in [0.25, 0.3) is 0 Å². The van der Waals surface area contributed by atoms with Gasteiger partial charge in [0.25, 0.3) is 0 Å². The second-order valence-corrected chi connectivity index (χ2v) is 4.95. The molecule has 0 heterocycles. The maximum atomic E-state index is 13.5. The number of halogens is 1. The third kappa shape index (κ3) is 2.83. The molecule has 2 aromatic rings. The quantitative estimate of drug-likeness (QED) is 0.915. The molecule has 1 unspecified atom stereocenters. The first-order chi connectivity index (χ1) is 9.56. The number of aryl methyl sites for hydroxylation is 2. The molecule has 2 aromatic carbocycles. The summed E-state index contributed by atoms with van der Waals surface area (Å²) < 4.78 is 18.9. The van der Waals surface area contributed by atoms with E-state index >= 15 is 0 Å². The van der Waals surface area contributed by atoms with E-state index in [1.165, 1.54) is 6.07 Å². The molecule has 0 fully saturated rings. The van der Waals surface area contributed by atoms with Gasteiger partial charge in [0.15, 0.2) is 0 Å². The summed E-state index contributed by atoms with van der Waals surface area (Å²) in [6, 6.07) is 10.9. The second kappa shape index (κ2) is 6.06. The molecule has 0 saturated heterocycles. The fourth-order valence-corrected chi connectivity index (χ4v) is 2.44. The zero-order valence-electron chi connectivity index (χ0n) is 12.3. The Morgan fingerprint density at radius 1 is 1.05 bits per heavy atom. The molecule has 2 nitrogen and oxygen atoms in total. The maximum Gasteiger partial charge on any atom is 0.123 e. The van der Waals surface area contributed by atoms with Crippen molar-refractivity contribution in [1.82, 2.24) is 5.32 Å². The van der Waals surface area contributed by atoms with Crippen LogP contribution >= 0.6 is 0 Å². The fourth-order valence-electron chi connectivity index (χ4n) is 2.44. The Morgan fingerprint density at radius 3 is 2.40 bits per heavy atom. The first kappa shape index (κ1) is 14.5. The third-order valence-corrected chi connectivity index (χ3v) is 3.61. The van der Waals surface area contributed by atoms with Crippen molar-refractivity contribution in [3.8, 4) is 5.75 Å². The standard InChI is InChI=1S/C17H20FNO/c1-11-6-8-14(18)10-15(11)17(19-3)13-7-5-12(2)16(9-13)20-4/h5-10,17,19H,1-4H3. The van der Waals surface area contributed by atoms with Crippen LogP contribution in [0.1, 0.15) is 28.3 Å². The summed E-state index contributed by atoms with van der Waals surface area (Å²) in [4.78, 5) is 0. The molecular formula is C17H20FNO. The van der Waals surface area contributed by atoms with Crippen LogP contribution < -0.4 is 10.1 Å². The lowest BCUT2D eigenvalue weighted by Crippen LogP contribution is -2.19. The second-order valence-electron chi connectivity index (χ2n) is 4.95. The number of hydrogen-bond donors (Lipinski definition) is 1. The first-order valence-electron chi connectivity index (χ1n) is 6.64. The predicted octanol–water partition coefficient (Wildman–Crippen LogP) is 3.76. The minimum Gasteiger partial charge on any atom is -0.496 e. The van der Waals surface area contributed by atoms with Crippen LogP contribution in [0.2, 0.25) is 0 Å². The predicted molar refractivity (Wildman–Crippen MR) is 79.8 cm³/mol. The van der Waals surface area contributed by atoms with E-state index in [2.05, 4.69) is 5.32 Å². The van der Waals surface area contributed by atoms with Gasteiger partial charge in [-0.1, -0.05) is 18.2 Å². The monoisotopic (exact) mass is 273 g/mol. The Bertz CT molecular complexity index is 610. The summed E-state index contributed by atoms with van der Waals surface area (Å²) in [6.45, 7) is 4.00. The number of hydrogen-bond acceptors (Lipinski definition) is 2. The lowest BCUT2D eigenvalue weighted by molar-refractivity contribution is 0.410. The van der Waals surface area contributed by atoms with Crippen molar-refractivity contribution < 1.29 is 9.13 Å². The Hall–Kier alpha value is -1.87. The molecule has 0 saturated carbocycles. The summed E-state index contributed by atoms with van der Waals surface area (Å²) in [6.07, 6.45) is 0. The molecule has 0 radical (unpaired) electrons. The molecular weight excluding hydrogens is 253 g/mol. The molecule has 0 aliphatic heterocycles. The Morgan fingerprint density at radius 2 is 1.75 bits per heavy atom. The highest BCUT2D eigenvalue weighted by Gasteiger charge is 2.16. The summed E-state index contributed by atoms with van der Waals surface area (Å²) in [5.74, 6) is 0.627. The van der Waals surface area contributed by atoms with Gasteiger partial charge in [-0.05, 0) is 61.3 Å². The van der Waals surface area contributed by atoms with E-state index in [-0.39, 0.29) is 11.9 Å². The van der Waals surface area contributed by atoms with Gasteiger partial charge in [-0.15, -0.1) is 0 Å². The van der Waals surface area contributed by atoms with Crippen LogP contribution in [-0.2, 0) is 0 Å². The molecule has 106 valence electrons. The van der Waals surface area contributed by atoms with Gasteiger partial charge in [0.2, 0.25) is 0 Å². The van der Waals surface area contributed by atoms with Crippen molar-refractivity contribution >= 4 is 0 Å². The van der Waals surface area contributed by atoms with Gasteiger partial charge in [-0.25, -0.2) is 4.39 Å². The molecule has 0 aromatic heterocycles. The van der Waals surface area contributed by atoms with E-state index < -0.39 is 0 Å². The number of ether oxygens (including phenoxy) is 1. The van der Waals surface area contributed by atoms with Gasteiger partial charge >= 0.3 is 0 Å². The average molecular weight is 273 g/mol. The highest BCUT2D eigenvalue weighted by molar-refractivity contribution is 5.43. The molecule has 0 amide bonds. The number of methoxy groups -OCH3 is 1. The molecule has 0 aliphatic carbocycles. The molecule has 20 heavy (non-hydrogen) atoms. The van der Waals surface area contributed by atoms with Crippen LogP contribution in [0.15, 0.2) is 36.4 Å². The van der Waals surface area contributed by atoms with Crippen molar-refractivity contribution in [3.63, 3.8) is 0 Å². The summed E-state index contributed by atoms with van der Waals surface area (Å²) in [5, 5.41) is 3.25. The van der Waals surface area contributed by atoms with E-state index in [9.17, 15) is 4.39 Å². The lowest BCUT2D eigenvalue weighted by Gasteiger charge is -2.20. The molecule has 2 rings (SSSR count). The fraction of sp³-hybridized carbons (Fsp3) is 0.294. The minimum atomic E-state index is -0.218. The van der Waals surface area contributed by atoms with Gasteiger partial charge in [0, 0.05) is 0 Å². The third-order valence-electron chi connectivity index (χ3n) is 3.61. The summed E-state index contributed by atoms with van der Waals surface area (Å²) in [5.41, 5.74) is 4.15. The van der Waals surface area contributed by atoms with Crippen molar-refractivity contribution in [3.05, 3.63) is 64.5 Å². The molecule has 1 N–H and O–H groups in total. The molecule has 3 heteroatoms. The topological polar surface area (TPSA) is 21.3 Å². The van der Waals surface area contributed by atoms with Gasteiger partial charge in [0.1, 0.15) is 11.6 Å². The normalized spacial score (nSPS) is 12.2. The van der Waals surface area contributed by atoms with Crippen molar-refractivity contribution in [1.29, 1.82) is 0 Å². The highest BCUT2D eigenvalue weighted by Crippen LogP contribution is 2.29. The number of rotatable bonds is 4. The van der Waals surface area contributed by atoms with Crippen molar-refractivity contribution in [2.24, 2.45) is 0 Å². The summed E-state index contributed by atoms with van der Waals surface area (Å²) >= 11 is 0. The van der Waals surface area contributed by atoms with Gasteiger partial charge in [-0.3, -0.25) is 0 Å². The van der Waals surface area contributed by atoms with E-state index in [1.54, 1.807) is 19.2 Å². The molecule has 1 atom stereocenters. The van der Waals surface area contributed by atoms with E-state index in [1.807, 2.05) is 39.1 Å². The zero-order chi connectivity index (χ0) is 14.7. The Balaban J connectivity index is 2.49. The Labute approximate surface area is 119 Å². The van der Waals surface area contributed by atoms with Crippen LogP contribution in [-0.4, -0.2) is 14.2 Å². The van der Waals surface area contributed by atoms with Crippen molar-refractivity contribution in [2.75, 3.05) is 14.2 Å². The van der Waals surface area contributed by atoms with Crippen LogP contribution in [0, 0.1) is 19.7 Å². The number of benzene rings is 2.